The Bertz CT molecular complexity index is 1320. The van der Waals surface area contributed by atoms with Gasteiger partial charge in [-0.2, -0.15) is 0 Å². The van der Waals surface area contributed by atoms with Crippen LogP contribution in [0.5, 0.6) is 11.5 Å². The zero-order valence-corrected chi connectivity index (χ0v) is 29.2. The summed E-state index contributed by atoms with van der Waals surface area (Å²) >= 11 is 6.01. The molecule has 11 heteroatoms. The molecular formula is C34H52ClFN2O6S. The Balaban J connectivity index is 0.000000656. The molecule has 0 saturated heterocycles. The van der Waals surface area contributed by atoms with Gasteiger partial charge in [0.2, 0.25) is 11.8 Å². The highest BCUT2D eigenvalue weighted by Gasteiger charge is 2.34. The molecule has 45 heavy (non-hydrogen) atoms. The predicted octanol–water partition coefficient (Wildman–Crippen LogP) is 9.38. The molecule has 0 aromatic heterocycles. The van der Waals surface area contributed by atoms with Gasteiger partial charge >= 0.3 is 0 Å². The third-order valence-electron chi connectivity index (χ3n) is 7.28. The van der Waals surface area contributed by atoms with Crippen LogP contribution in [-0.4, -0.2) is 35.7 Å². The van der Waals surface area contributed by atoms with Crippen molar-refractivity contribution in [3.63, 3.8) is 0 Å². The molecule has 1 atom stereocenters. The monoisotopic (exact) mass is 670 g/mol. The average Bonchev–Trinajstić information content (AvgIpc) is 2.97. The van der Waals surface area contributed by atoms with Crippen molar-refractivity contribution < 1.29 is 32.6 Å². The zero-order chi connectivity index (χ0) is 34.2. The second-order valence-electron chi connectivity index (χ2n) is 12.3. The molecule has 0 fully saturated rings. The summed E-state index contributed by atoms with van der Waals surface area (Å²) in [5.74, 6) is -3.49. The van der Waals surface area contributed by atoms with E-state index >= 15 is 0 Å². The molecule has 2 aromatic rings. The Morgan fingerprint density at radius 3 is 1.73 bits per heavy atom. The van der Waals surface area contributed by atoms with Gasteiger partial charge in [-0.3, -0.25) is 9.59 Å². The maximum atomic E-state index is 14.7. The van der Waals surface area contributed by atoms with Crippen LogP contribution in [-0.2, 0) is 19.4 Å². The normalized spacial score (nSPS) is 12.2. The number of nitrogens with one attached hydrogen (secondary N) is 2. The summed E-state index contributed by atoms with van der Waals surface area (Å²) in [6, 6.07) is 5.39. The number of phenolic OH excluding ortho intramolecular Hbond substituents is 2. The summed E-state index contributed by atoms with van der Waals surface area (Å²) < 4.78 is 40.4. The van der Waals surface area contributed by atoms with Gasteiger partial charge in [-0.05, 0) is 30.7 Å². The second kappa shape index (κ2) is 19.6. The Morgan fingerprint density at radius 2 is 1.31 bits per heavy atom. The fourth-order valence-corrected chi connectivity index (χ4v) is 6.28. The van der Waals surface area contributed by atoms with E-state index in [-0.39, 0.29) is 22.8 Å². The topological polar surface area (TPSA) is 133 Å². The largest absolute Gasteiger partial charge is 0.508 e. The highest BCUT2D eigenvalue weighted by Crippen LogP contribution is 2.40. The van der Waals surface area contributed by atoms with Gasteiger partial charge in [0.05, 0.1) is 16.3 Å². The number of benzene rings is 2. The van der Waals surface area contributed by atoms with E-state index in [9.17, 15) is 32.6 Å². The van der Waals surface area contributed by atoms with Crippen molar-refractivity contribution in [2.75, 3.05) is 10.6 Å². The first-order valence-corrected chi connectivity index (χ1v) is 17.9. The molecule has 2 aromatic carbocycles. The molecule has 0 aliphatic rings. The van der Waals surface area contributed by atoms with Crippen LogP contribution >= 0.6 is 11.6 Å². The molecule has 0 heterocycles. The van der Waals surface area contributed by atoms with E-state index in [1.165, 1.54) is 77.6 Å². The first-order chi connectivity index (χ1) is 21.1. The van der Waals surface area contributed by atoms with E-state index in [1.807, 2.05) is 0 Å². The summed E-state index contributed by atoms with van der Waals surface area (Å²) in [5, 5.41) is 21.9. The number of hydrogen-bond donors (Lipinski definition) is 4. The van der Waals surface area contributed by atoms with Crippen LogP contribution in [0, 0.1) is 11.2 Å². The maximum Gasteiger partial charge on any atom is 0.243 e. The summed E-state index contributed by atoms with van der Waals surface area (Å²) in [4.78, 5) is 24.6. The molecule has 254 valence electrons. The standard InChI is InChI=1S/C21H24ClFN2O6S.C13H28/c1-5-15(32(30,31)12-8-6-11(26)7-9-12)19(28)25-17-13(23)10-14(18(27)16(17)22)24-20(29)21(2,3)4;1-3-5-7-9-11-13-12-10-8-6-4-2/h6-10,15,26-27H,5H2,1-4H3,(H,24,29)(H,25,28);3-13H2,1-2H3. The summed E-state index contributed by atoms with van der Waals surface area (Å²) in [7, 11) is -4.17. The van der Waals surface area contributed by atoms with Crippen molar-refractivity contribution in [3.05, 3.63) is 41.2 Å². The number of aromatic hydroxyl groups is 2. The van der Waals surface area contributed by atoms with Crippen LogP contribution in [0.3, 0.4) is 0 Å². The molecule has 2 amide bonds. The highest BCUT2D eigenvalue weighted by atomic mass is 35.5. The molecule has 0 saturated carbocycles. The van der Waals surface area contributed by atoms with Crippen molar-refractivity contribution >= 4 is 44.6 Å². The number of sulfone groups is 1. The number of halogens is 2. The highest BCUT2D eigenvalue weighted by molar-refractivity contribution is 7.92. The summed E-state index contributed by atoms with van der Waals surface area (Å²) in [6.45, 7) is 10.9. The molecule has 0 radical (unpaired) electrons. The molecule has 0 bridgehead atoms. The smallest absolute Gasteiger partial charge is 0.243 e. The molecule has 0 aliphatic heterocycles. The number of phenols is 2. The second-order valence-corrected chi connectivity index (χ2v) is 14.8. The van der Waals surface area contributed by atoms with E-state index in [2.05, 4.69) is 24.5 Å². The molecule has 2 rings (SSSR count). The quantitative estimate of drug-likeness (QED) is 0.104. The molecule has 8 nitrogen and oxygen atoms in total. The minimum absolute atomic E-state index is 0.139. The van der Waals surface area contributed by atoms with Crippen LogP contribution in [0.15, 0.2) is 35.2 Å². The van der Waals surface area contributed by atoms with Crippen molar-refractivity contribution in [2.24, 2.45) is 5.41 Å². The number of carbonyl (C=O) groups is 2. The van der Waals surface area contributed by atoms with Gasteiger partial charge in [0.1, 0.15) is 16.0 Å². The Morgan fingerprint density at radius 1 is 0.844 bits per heavy atom. The van der Waals surface area contributed by atoms with Crippen LogP contribution in [0.2, 0.25) is 5.02 Å². The lowest BCUT2D eigenvalue weighted by Gasteiger charge is -2.20. The minimum atomic E-state index is -4.17. The van der Waals surface area contributed by atoms with Gasteiger partial charge in [-0.25, -0.2) is 12.8 Å². The van der Waals surface area contributed by atoms with Crippen LogP contribution in [0.25, 0.3) is 0 Å². The van der Waals surface area contributed by atoms with Crippen LogP contribution in [0.4, 0.5) is 15.8 Å². The van der Waals surface area contributed by atoms with Crippen LogP contribution in [0.1, 0.15) is 119 Å². The first-order valence-electron chi connectivity index (χ1n) is 16.0. The van der Waals surface area contributed by atoms with Gasteiger partial charge in [0, 0.05) is 11.5 Å². The van der Waals surface area contributed by atoms with Crippen molar-refractivity contribution in [1.82, 2.24) is 0 Å². The van der Waals surface area contributed by atoms with Gasteiger partial charge in [0.25, 0.3) is 0 Å². The molecule has 4 N–H and O–H groups in total. The van der Waals surface area contributed by atoms with Gasteiger partial charge < -0.3 is 20.8 Å². The number of amides is 2. The molecule has 0 spiro atoms. The van der Waals surface area contributed by atoms with Crippen molar-refractivity contribution in [1.29, 1.82) is 0 Å². The number of anilines is 2. The lowest BCUT2D eigenvalue weighted by molar-refractivity contribution is -0.123. The Kier molecular flexibility index (Phi) is 17.5. The Labute approximate surface area is 274 Å². The third-order valence-corrected chi connectivity index (χ3v) is 9.87. The summed E-state index contributed by atoms with van der Waals surface area (Å²) in [5.41, 5.74) is -1.75. The fourth-order valence-electron chi connectivity index (χ4n) is 4.42. The lowest BCUT2D eigenvalue weighted by Crippen LogP contribution is -2.35. The van der Waals surface area contributed by atoms with E-state index in [0.717, 1.165) is 30.3 Å². The van der Waals surface area contributed by atoms with Gasteiger partial charge in [-0.1, -0.05) is 124 Å². The fraction of sp³-hybridized carbons (Fsp3) is 0.588. The van der Waals surface area contributed by atoms with E-state index in [1.54, 1.807) is 20.8 Å². The van der Waals surface area contributed by atoms with Crippen molar-refractivity contribution in [2.45, 2.75) is 129 Å². The third kappa shape index (κ3) is 13.2. The number of hydrogen-bond acceptors (Lipinski definition) is 6. The lowest BCUT2D eigenvalue weighted by atomic mass is 9.95. The molecule has 0 aliphatic carbocycles. The number of carbonyl (C=O) groups excluding carboxylic acids is 2. The van der Waals surface area contributed by atoms with E-state index in [0.29, 0.717) is 0 Å². The SMILES string of the molecule is CCC(C(=O)Nc1c(F)cc(NC(=O)C(C)(C)C)c(O)c1Cl)S(=O)(=O)c1ccc(O)cc1.CCCCCCCCCCCCC. The molecular weight excluding hydrogens is 619 g/mol. The van der Waals surface area contributed by atoms with Crippen molar-refractivity contribution in [3.8, 4) is 11.5 Å². The minimum Gasteiger partial charge on any atom is -0.508 e. The van der Waals surface area contributed by atoms with E-state index in [4.69, 9.17) is 11.6 Å². The number of rotatable bonds is 16. The van der Waals surface area contributed by atoms with Gasteiger partial charge in [-0.15, -0.1) is 0 Å². The summed E-state index contributed by atoms with van der Waals surface area (Å²) in [6.07, 6.45) is 15.8. The predicted molar refractivity (Wildman–Crippen MR) is 181 cm³/mol. The molecule has 1 unspecified atom stereocenters. The maximum absolute atomic E-state index is 14.7. The van der Waals surface area contributed by atoms with E-state index < -0.39 is 54.6 Å². The first kappa shape index (κ1) is 40.2. The van der Waals surface area contributed by atoms with Crippen LogP contribution < -0.4 is 10.6 Å². The Hall–Kier alpha value is -2.85. The number of unbranched alkanes of at least 4 members (excludes halogenated alkanes) is 10. The van der Waals surface area contributed by atoms with Gasteiger partial charge in [0.15, 0.2) is 21.4 Å². The zero-order valence-electron chi connectivity index (χ0n) is 27.6. The average molecular weight is 671 g/mol.